The molecule has 6 rings (SSSR count). The molecule has 0 aromatic heterocycles. The van der Waals surface area contributed by atoms with Gasteiger partial charge in [-0.05, 0) is 0 Å². The maximum Gasteiger partial charge on any atom is -0.147 e. The topological polar surface area (TPSA) is 0 Å². The number of fused-ring (bicyclic) bond motifs is 2. The van der Waals surface area contributed by atoms with Gasteiger partial charge in [0.05, 0.1) is 0 Å². The van der Waals surface area contributed by atoms with Crippen molar-refractivity contribution in [3.8, 4) is 22.3 Å². The van der Waals surface area contributed by atoms with Crippen molar-refractivity contribution in [2.24, 2.45) is 5.92 Å². The summed E-state index contributed by atoms with van der Waals surface area (Å²) in [6, 6.07) is 28.3. The fourth-order valence-corrected chi connectivity index (χ4v) is 29.6. The average molecular weight is 761 g/mol. The number of rotatable bonds is 5. The van der Waals surface area contributed by atoms with Crippen molar-refractivity contribution in [2.45, 2.75) is 84.2 Å². The summed E-state index contributed by atoms with van der Waals surface area (Å²) in [7, 11) is 0. The smallest absolute Gasteiger partial charge is 0.147 e. The van der Waals surface area contributed by atoms with Gasteiger partial charge in [0, 0.05) is 0 Å². The Hall–Kier alpha value is -1.96. The average Bonchev–Trinajstić information content (AvgIpc) is 3.53. The molecule has 248 valence electrons. The predicted molar refractivity (Wildman–Crippen MR) is 213 cm³/mol. The van der Waals surface area contributed by atoms with Crippen molar-refractivity contribution in [1.82, 2.24) is 0 Å². The Bertz CT molecular complexity index is 1980. The standard InChI is InChI=1S/C21H23.C20H21.2CH3.2ClH.H2Si.Zr/c1-14-12-19-15(2)6-11-18(20(19)13-14)16-7-9-17(10-8-16)21(3,4)5;1-13(2)17-11-16-6-5-7-19(20(16)12-17)18-9-8-14(3)10-15(18)4;;;;;;/h6-13H,1-5H3;5-13H,1-4H3;2*1H3;2*1H;1H2;. The Labute approximate surface area is 299 Å². The maximum absolute atomic E-state index is 3.70. The van der Waals surface area contributed by atoms with E-state index in [0.29, 0.717) is 13.2 Å². The molecule has 4 heteroatoms. The molecular formula is C43H54Cl2SiZr. The molecule has 4 aromatic carbocycles. The van der Waals surface area contributed by atoms with Crippen LogP contribution in [-0.2, 0) is 22.8 Å². The molecule has 2 atom stereocenters. The number of hydrogen-bond donors (Lipinski definition) is 0. The third-order valence-corrected chi connectivity index (χ3v) is 28.6. The molecule has 2 unspecified atom stereocenters. The Morgan fingerprint density at radius 2 is 1.32 bits per heavy atom. The van der Waals surface area contributed by atoms with Gasteiger partial charge >= 0.3 is 277 Å². The summed E-state index contributed by atoms with van der Waals surface area (Å²) in [5.41, 5.74) is 20.5. The summed E-state index contributed by atoms with van der Waals surface area (Å²) < 4.78 is 6.58. The molecule has 0 amide bonds. The normalized spacial score (nSPS) is 17.4. The van der Waals surface area contributed by atoms with Crippen LogP contribution in [0.4, 0.5) is 0 Å². The van der Waals surface area contributed by atoms with Crippen LogP contribution in [0.3, 0.4) is 0 Å². The summed E-state index contributed by atoms with van der Waals surface area (Å²) in [6.45, 7) is 23.5. The van der Waals surface area contributed by atoms with E-state index in [1.54, 1.807) is 22.3 Å². The Morgan fingerprint density at radius 3 is 1.91 bits per heavy atom. The van der Waals surface area contributed by atoms with Crippen LogP contribution < -0.4 is 0 Å². The van der Waals surface area contributed by atoms with Gasteiger partial charge in [-0.2, -0.15) is 0 Å². The van der Waals surface area contributed by atoms with Crippen LogP contribution in [0.15, 0.2) is 83.9 Å². The van der Waals surface area contributed by atoms with E-state index < -0.39 is 17.4 Å². The van der Waals surface area contributed by atoms with Gasteiger partial charge in [0.2, 0.25) is 0 Å². The quantitative estimate of drug-likeness (QED) is 0.178. The molecule has 0 saturated heterocycles. The first kappa shape index (κ1) is 37.9. The van der Waals surface area contributed by atoms with Gasteiger partial charge in [-0.1, -0.05) is 0 Å². The van der Waals surface area contributed by atoms with Crippen molar-refractivity contribution in [2.75, 3.05) is 0 Å². The van der Waals surface area contributed by atoms with E-state index in [-0.39, 0.29) is 30.2 Å². The minimum Gasteiger partial charge on any atom is -0.147 e. The van der Waals surface area contributed by atoms with Crippen LogP contribution in [0.5, 0.6) is 0 Å². The zero-order valence-corrected chi connectivity index (χ0v) is 35.8. The second kappa shape index (κ2) is 13.1. The molecule has 4 aromatic rings. The molecule has 0 fully saturated rings. The molecule has 0 saturated carbocycles. The largest absolute Gasteiger partial charge is 0.147 e. The van der Waals surface area contributed by atoms with E-state index >= 15 is 0 Å². The second-order valence-electron chi connectivity index (χ2n) is 16.7. The molecule has 0 radical (unpaired) electrons. The van der Waals surface area contributed by atoms with Gasteiger partial charge in [0.1, 0.15) is 0 Å². The van der Waals surface area contributed by atoms with Crippen LogP contribution in [0, 0.1) is 26.7 Å². The van der Waals surface area contributed by atoms with E-state index in [9.17, 15) is 0 Å². The van der Waals surface area contributed by atoms with E-state index in [2.05, 4.69) is 163 Å². The molecular weight excluding hydrogens is 707 g/mol. The molecule has 2 aliphatic carbocycles. The molecule has 0 heterocycles. The minimum atomic E-state index is -3.70. The first-order valence-corrected chi connectivity index (χ1v) is 30.6. The Kier molecular flexibility index (Phi) is 10.5. The third-order valence-electron chi connectivity index (χ3n) is 11.0. The zero-order chi connectivity index (χ0) is 32.7. The number of aryl methyl sites for hydroxylation is 3. The SMILES string of the molecule is CC1=Cc2c(-c3ccc(C(C)(C)C)cc3)ccc(C)c2[CH]1[Zr]([CH3])([CH3])(=[SiH2])[CH]1C(C(C)C)=Cc2c(-c3ccc(C)cc3C)cccc21.Cl.Cl. The Balaban J connectivity index is 0.00000250. The summed E-state index contributed by atoms with van der Waals surface area (Å²) in [5.74, 6) is 0.505. The molecule has 0 nitrogen and oxygen atoms in total. The summed E-state index contributed by atoms with van der Waals surface area (Å²) in [6.07, 6.45) is 5.18. The van der Waals surface area contributed by atoms with Crippen molar-refractivity contribution >= 4 is 43.8 Å². The Morgan fingerprint density at radius 1 is 0.681 bits per heavy atom. The summed E-state index contributed by atoms with van der Waals surface area (Å²) in [5, 5.41) is 0. The van der Waals surface area contributed by atoms with Crippen LogP contribution in [0.25, 0.3) is 34.4 Å². The summed E-state index contributed by atoms with van der Waals surface area (Å²) >= 11 is -3.70. The van der Waals surface area contributed by atoms with Gasteiger partial charge < -0.3 is 0 Å². The van der Waals surface area contributed by atoms with Gasteiger partial charge in [0.15, 0.2) is 0 Å². The van der Waals surface area contributed by atoms with E-state index in [1.165, 1.54) is 55.6 Å². The minimum absolute atomic E-state index is 0. The number of halogens is 2. The van der Waals surface area contributed by atoms with Crippen molar-refractivity contribution in [3.63, 3.8) is 0 Å². The molecule has 0 spiro atoms. The number of hydrogen-bond acceptors (Lipinski definition) is 0. The van der Waals surface area contributed by atoms with Gasteiger partial charge in [-0.3, -0.25) is 0 Å². The van der Waals surface area contributed by atoms with Gasteiger partial charge in [-0.25, -0.2) is 0 Å². The first-order chi connectivity index (χ1) is 21.0. The fourth-order valence-electron chi connectivity index (χ4n) is 8.95. The molecule has 2 aliphatic rings. The van der Waals surface area contributed by atoms with E-state index in [0.717, 1.165) is 0 Å². The summed E-state index contributed by atoms with van der Waals surface area (Å²) in [4.78, 5) is 0. The maximum atomic E-state index is 2.78. The fraction of sp³-hybridized carbons (Fsp3) is 0.349. The number of benzene rings is 4. The third kappa shape index (κ3) is 6.43. The molecule has 0 N–H and O–H groups in total. The van der Waals surface area contributed by atoms with Crippen molar-refractivity contribution in [3.05, 3.63) is 128 Å². The first-order valence-electron chi connectivity index (χ1n) is 16.9. The van der Waals surface area contributed by atoms with Crippen LogP contribution in [-0.4, -0.2) is 6.88 Å². The monoisotopic (exact) mass is 758 g/mol. The van der Waals surface area contributed by atoms with Crippen molar-refractivity contribution in [1.29, 1.82) is 0 Å². The second-order valence-corrected chi connectivity index (χ2v) is 47.2. The van der Waals surface area contributed by atoms with Gasteiger partial charge in [0.25, 0.3) is 0 Å². The molecule has 0 aliphatic heterocycles. The molecule has 47 heavy (non-hydrogen) atoms. The van der Waals surface area contributed by atoms with Crippen molar-refractivity contribution < 1.29 is 17.4 Å². The predicted octanol–water partition coefficient (Wildman–Crippen LogP) is 12.7. The zero-order valence-electron chi connectivity index (χ0n) is 30.3. The van der Waals surface area contributed by atoms with Gasteiger partial charge in [-0.15, -0.1) is 24.8 Å². The van der Waals surface area contributed by atoms with E-state index in [4.69, 9.17) is 0 Å². The molecule has 0 bridgehead atoms. The van der Waals surface area contributed by atoms with Crippen LogP contribution in [0.2, 0.25) is 9.26 Å². The van der Waals surface area contributed by atoms with Crippen LogP contribution >= 0.6 is 24.8 Å². The number of allylic oxidation sites excluding steroid dienone is 2. The van der Waals surface area contributed by atoms with E-state index in [1.807, 2.05) is 0 Å². The van der Waals surface area contributed by atoms with Crippen LogP contribution in [0.1, 0.15) is 93.3 Å².